The van der Waals surface area contributed by atoms with E-state index >= 15 is 0 Å². The van der Waals surface area contributed by atoms with Gasteiger partial charge in [-0.1, -0.05) is 12.1 Å². The maximum Gasteiger partial charge on any atom is 0.416 e. The van der Waals surface area contributed by atoms with E-state index < -0.39 is 11.7 Å². The van der Waals surface area contributed by atoms with Gasteiger partial charge in [-0.3, -0.25) is 9.78 Å². The molecule has 0 aliphatic carbocycles. The quantitative estimate of drug-likeness (QED) is 0.802. The van der Waals surface area contributed by atoms with Crippen LogP contribution in [0.2, 0.25) is 0 Å². The van der Waals surface area contributed by atoms with Crippen LogP contribution in [0.3, 0.4) is 0 Å². The van der Waals surface area contributed by atoms with Gasteiger partial charge in [-0.05, 0) is 17.7 Å². The first kappa shape index (κ1) is 13.2. The Hall–Kier alpha value is -2.24. The lowest BCUT2D eigenvalue weighted by atomic mass is 10.1. The number of hydrogen-bond donors (Lipinski definition) is 0. The fourth-order valence-electron chi connectivity index (χ4n) is 1.53. The van der Waals surface area contributed by atoms with E-state index in [1.54, 1.807) is 0 Å². The summed E-state index contributed by atoms with van der Waals surface area (Å²) in [5.41, 5.74) is -0.0331. The Balaban J connectivity index is 2.10. The Kier molecular flexibility index (Phi) is 3.59. The summed E-state index contributed by atoms with van der Waals surface area (Å²) in [6, 6.07) is 4.49. The fourth-order valence-corrected chi connectivity index (χ4v) is 1.53. The molecule has 19 heavy (non-hydrogen) atoms. The van der Waals surface area contributed by atoms with Crippen LogP contribution in [-0.2, 0) is 12.6 Å². The van der Waals surface area contributed by atoms with Crippen LogP contribution in [0.1, 0.15) is 21.6 Å². The number of ketones is 1. The van der Waals surface area contributed by atoms with Crippen LogP contribution in [-0.4, -0.2) is 15.8 Å². The van der Waals surface area contributed by atoms with Gasteiger partial charge in [0, 0.05) is 18.8 Å². The lowest BCUT2D eigenvalue weighted by Gasteiger charge is -2.07. The summed E-state index contributed by atoms with van der Waals surface area (Å²) in [6.45, 7) is 0. The highest BCUT2D eigenvalue weighted by Crippen LogP contribution is 2.29. The molecule has 0 fully saturated rings. The van der Waals surface area contributed by atoms with Crippen molar-refractivity contribution in [2.45, 2.75) is 12.6 Å². The smallest absolute Gasteiger partial charge is 0.292 e. The zero-order valence-corrected chi connectivity index (χ0v) is 9.69. The fraction of sp³-hybridized carbons (Fsp3) is 0.154. The number of benzene rings is 1. The summed E-state index contributed by atoms with van der Waals surface area (Å²) < 4.78 is 37.1. The van der Waals surface area contributed by atoms with Gasteiger partial charge in [0.05, 0.1) is 11.8 Å². The van der Waals surface area contributed by atoms with E-state index in [2.05, 4.69) is 9.97 Å². The van der Waals surface area contributed by atoms with Crippen LogP contribution in [0.15, 0.2) is 42.9 Å². The third kappa shape index (κ3) is 3.37. The molecule has 0 aliphatic heterocycles. The number of hydrogen-bond acceptors (Lipinski definition) is 3. The predicted octanol–water partition coefficient (Wildman–Crippen LogP) is 2.92. The summed E-state index contributed by atoms with van der Waals surface area (Å²) in [7, 11) is 0. The SMILES string of the molecule is O=C(Cc1ccc(C(F)(F)F)cc1)c1cnccn1. The van der Waals surface area contributed by atoms with E-state index in [1.807, 2.05) is 0 Å². The third-order valence-corrected chi connectivity index (χ3v) is 2.49. The van der Waals surface area contributed by atoms with Crippen LogP contribution in [0.25, 0.3) is 0 Å². The molecule has 6 heteroatoms. The van der Waals surface area contributed by atoms with E-state index in [-0.39, 0.29) is 17.9 Å². The van der Waals surface area contributed by atoms with Gasteiger partial charge in [-0.15, -0.1) is 0 Å². The number of nitrogens with zero attached hydrogens (tertiary/aromatic N) is 2. The molecule has 0 aliphatic rings. The molecular formula is C13H9F3N2O. The minimum atomic E-state index is -4.37. The van der Waals surface area contributed by atoms with Gasteiger partial charge in [-0.25, -0.2) is 4.98 Å². The second kappa shape index (κ2) is 5.17. The summed E-state index contributed by atoms with van der Waals surface area (Å²) >= 11 is 0. The molecule has 1 heterocycles. The Morgan fingerprint density at radius 1 is 1.11 bits per heavy atom. The zero-order valence-electron chi connectivity index (χ0n) is 9.69. The highest BCUT2D eigenvalue weighted by molar-refractivity contribution is 5.95. The van der Waals surface area contributed by atoms with E-state index in [0.717, 1.165) is 12.1 Å². The Bertz CT molecular complexity index is 565. The van der Waals surface area contributed by atoms with Gasteiger partial charge in [0.1, 0.15) is 5.69 Å². The molecule has 0 unspecified atom stereocenters. The van der Waals surface area contributed by atoms with Gasteiger partial charge >= 0.3 is 6.18 Å². The monoisotopic (exact) mass is 266 g/mol. The minimum absolute atomic E-state index is 0.00314. The largest absolute Gasteiger partial charge is 0.416 e. The summed E-state index contributed by atoms with van der Waals surface area (Å²) in [4.78, 5) is 19.4. The molecule has 1 aromatic heterocycles. The number of alkyl halides is 3. The van der Waals surface area contributed by atoms with Gasteiger partial charge in [0.25, 0.3) is 0 Å². The van der Waals surface area contributed by atoms with Crippen LogP contribution >= 0.6 is 0 Å². The number of carbonyl (C=O) groups excluding carboxylic acids is 1. The number of halogens is 3. The lowest BCUT2D eigenvalue weighted by molar-refractivity contribution is -0.137. The van der Waals surface area contributed by atoms with Crippen LogP contribution < -0.4 is 0 Å². The minimum Gasteiger partial charge on any atom is -0.292 e. The Labute approximate surface area is 107 Å². The van der Waals surface area contributed by atoms with Gasteiger partial charge < -0.3 is 0 Å². The molecule has 0 radical (unpaired) electrons. The molecule has 2 aromatic rings. The highest BCUT2D eigenvalue weighted by atomic mass is 19.4. The van der Waals surface area contributed by atoms with E-state index in [9.17, 15) is 18.0 Å². The average Bonchev–Trinajstić information content (AvgIpc) is 2.39. The van der Waals surface area contributed by atoms with Crippen molar-refractivity contribution in [2.75, 3.05) is 0 Å². The molecule has 1 aromatic carbocycles. The second-order valence-corrected chi connectivity index (χ2v) is 3.89. The van der Waals surface area contributed by atoms with Gasteiger partial charge in [0.2, 0.25) is 0 Å². The van der Waals surface area contributed by atoms with Crippen molar-refractivity contribution < 1.29 is 18.0 Å². The number of Topliss-reactive ketones (excluding diaryl/α,β-unsaturated/α-hetero) is 1. The third-order valence-electron chi connectivity index (χ3n) is 2.49. The molecule has 0 atom stereocenters. The molecule has 0 spiro atoms. The van der Waals surface area contributed by atoms with E-state index in [0.29, 0.717) is 5.56 Å². The van der Waals surface area contributed by atoms with E-state index in [4.69, 9.17) is 0 Å². The molecule has 0 N–H and O–H groups in total. The standard InChI is InChI=1S/C13H9F3N2O/c14-13(15,16)10-3-1-9(2-4-10)7-12(19)11-8-17-5-6-18-11/h1-6,8H,7H2. The first-order valence-electron chi connectivity index (χ1n) is 5.42. The predicted molar refractivity (Wildman–Crippen MR) is 61.5 cm³/mol. The summed E-state index contributed by atoms with van der Waals surface area (Å²) in [5.74, 6) is -0.284. The molecule has 3 nitrogen and oxygen atoms in total. The van der Waals surface area contributed by atoms with Crippen molar-refractivity contribution in [1.29, 1.82) is 0 Å². The number of carbonyl (C=O) groups is 1. The molecule has 98 valence electrons. The average molecular weight is 266 g/mol. The molecule has 0 saturated carbocycles. The summed E-state index contributed by atoms with van der Waals surface area (Å²) in [6.07, 6.45) is -0.217. The van der Waals surface area contributed by atoms with Crippen molar-refractivity contribution in [3.05, 3.63) is 59.7 Å². The van der Waals surface area contributed by atoms with Crippen LogP contribution in [0, 0.1) is 0 Å². The molecule has 0 saturated heterocycles. The maximum absolute atomic E-state index is 12.4. The first-order valence-corrected chi connectivity index (χ1v) is 5.42. The van der Waals surface area contributed by atoms with Crippen molar-refractivity contribution in [3.63, 3.8) is 0 Å². The normalized spacial score (nSPS) is 11.3. The molecular weight excluding hydrogens is 257 g/mol. The first-order chi connectivity index (χ1) is 8.97. The van der Waals surface area contributed by atoms with Crippen LogP contribution in [0.5, 0.6) is 0 Å². The zero-order chi connectivity index (χ0) is 13.9. The second-order valence-electron chi connectivity index (χ2n) is 3.89. The molecule has 0 amide bonds. The Morgan fingerprint density at radius 3 is 2.32 bits per heavy atom. The molecule has 0 bridgehead atoms. The maximum atomic E-state index is 12.4. The van der Waals surface area contributed by atoms with E-state index in [1.165, 1.54) is 30.7 Å². The van der Waals surface area contributed by atoms with Gasteiger partial charge in [-0.2, -0.15) is 13.2 Å². The van der Waals surface area contributed by atoms with Crippen LogP contribution in [0.4, 0.5) is 13.2 Å². The molecule has 2 rings (SSSR count). The van der Waals surface area contributed by atoms with Crippen molar-refractivity contribution >= 4 is 5.78 Å². The van der Waals surface area contributed by atoms with Gasteiger partial charge in [0.15, 0.2) is 5.78 Å². The number of aromatic nitrogens is 2. The van der Waals surface area contributed by atoms with Crippen molar-refractivity contribution in [2.24, 2.45) is 0 Å². The summed E-state index contributed by atoms with van der Waals surface area (Å²) in [5, 5.41) is 0. The highest BCUT2D eigenvalue weighted by Gasteiger charge is 2.29. The van der Waals surface area contributed by atoms with Crippen molar-refractivity contribution in [3.8, 4) is 0 Å². The Morgan fingerprint density at radius 2 is 1.79 bits per heavy atom. The topological polar surface area (TPSA) is 42.9 Å². The van der Waals surface area contributed by atoms with Crippen molar-refractivity contribution in [1.82, 2.24) is 9.97 Å². The number of rotatable bonds is 3. The lowest BCUT2D eigenvalue weighted by Crippen LogP contribution is -2.08.